The van der Waals surface area contributed by atoms with Gasteiger partial charge in [-0.25, -0.2) is 4.98 Å². The van der Waals surface area contributed by atoms with Crippen molar-refractivity contribution in [2.45, 2.75) is 33.1 Å². The van der Waals surface area contributed by atoms with Crippen molar-refractivity contribution >= 4 is 17.4 Å². The quantitative estimate of drug-likeness (QED) is 0.815. The van der Waals surface area contributed by atoms with Crippen LogP contribution in [0.1, 0.15) is 38.4 Å². The van der Waals surface area contributed by atoms with Gasteiger partial charge in [0, 0.05) is 17.3 Å². The molecule has 0 aromatic carbocycles. The molecule has 0 fully saturated rings. The summed E-state index contributed by atoms with van der Waals surface area (Å²) >= 11 is 1.68. The van der Waals surface area contributed by atoms with Gasteiger partial charge in [-0.2, -0.15) is 0 Å². The second-order valence-electron chi connectivity index (χ2n) is 4.52. The highest BCUT2D eigenvalue weighted by atomic mass is 32.1. The maximum absolute atomic E-state index is 5.52. The molecule has 78 valence electrons. The van der Waals surface area contributed by atoms with Crippen molar-refractivity contribution in [3.8, 4) is 0 Å². The van der Waals surface area contributed by atoms with E-state index in [2.05, 4.69) is 37.2 Å². The zero-order valence-corrected chi connectivity index (χ0v) is 10.1. The summed E-state index contributed by atoms with van der Waals surface area (Å²) in [5, 5.41) is 3.17. The molecule has 0 aliphatic carbocycles. The topological polar surface area (TPSA) is 38.9 Å². The molecule has 0 atom stereocenters. The van der Waals surface area contributed by atoms with Crippen molar-refractivity contribution < 1.29 is 0 Å². The lowest BCUT2D eigenvalue weighted by molar-refractivity contribution is 0.572. The Bertz CT molecular complexity index is 331. The summed E-state index contributed by atoms with van der Waals surface area (Å²) in [4.78, 5) is 4.56. The fourth-order valence-corrected chi connectivity index (χ4v) is 2.03. The first-order valence-electron chi connectivity index (χ1n) is 4.76. The molecule has 0 radical (unpaired) electrons. The summed E-state index contributed by atoms with van der Waals surface area (Å²) in [5.74, 6) is 0. The summed E-state index contributed by atoms with van der Waals surface area (Å²) in [6.45, 7) is 9.14. The molecular formula is C11H18N2S. The van der Waals surface area contributed by atoms with Crippen LogP contribution in [0, 0.1) is 0 Å². The van der Waals surface area contributed by atoms with Crippen LogP contribution in [0.4, 0.5) is 0 Å². The van der Waals surface area contributed by atoms with E-state index in [0.717, 1.165) is 10.7 Å². The number of nitrogens with zero attached hydrogens (tertiary/aromatic N) is 1. The van der Waals surface area contributed by atoms with Gasteiger partial charge < -0.3 is 5.73 Å². The van der Waals surface area contributed by atoms with Crippen LogP contribution in [0.2, 0.25) is 0 Å². The van der Waals surface area contributed by atoms with Crippen LogP contribution >= 0.6 is 11.3 Å². The monoisotopic (exact) mass is 210 g/mol. The van der Waals surface area contributed by atoms with Gasteiger partial charge in [0.25, 0.3) is 0 Å². The summed E-state index contributed by atoms with van der Waals surface area (Å²) in [6, 6.07) is 0. The molecule has 1 rings (SSSR count). The number of hydrogen-bond donors (Lipinski definition) is 1. The molecule has 0 amide bonds. The number of aromatic nitrogens is 1. The number of nitrogens with two attached hydrogens (primary N) is 1. The Kier molecular flexibility index (Phi) is 3.45. The Balaban J connectivity index is 2.89. The van der Waals surface area contributed by atoms with Gasteiger partial charge >= 0.3 is 0 Å². The smallest absolute Gasteiger partial charge is 0.116 e. The number of rotatable bonds is 2. The Hall–Kier alpha value is -0.670. The summed E-state index contributed by atoms with van der Waals surface area (Å²) in [7, 11) is 0. The van der Waals surface area contributed by atoms with E-state index >= 15 is 0 Å². The van der Waals surface area contributed by atoms with Gasteiger partial charge in [-0.15, -0.1) is 11.3 Å². The molecule has 0 saturated heterocycles. The maximum Gasteiger partial charge on any atom is 0.116 e. The van der Waals surface area contributed by atoms with Crippen LogP contribution in [-0.4, -0.2) is 11.5 Å². The highest BCUT2D eigenvalue weighted by molar-refractivity contribution is 7.10. The Labute approximate surface area is 89.9 Å². The van der Waals surface area contributed by atoms with E-state index in [9.17, 15) is 0 Å². The van der Waals surface area contributed by atoms with E-state index < -0.39 is 0 Å². The van der Waals surface area contributed by atoms with Crippen molar-refractivity contribution in [3.05, 3.63) is 21.7 Å². The van der Waals surface area contributed by atoms with Crippen LogP contribution in [0.25, 0.3) is 6.08 Å². The van der Waals surface area contributed by atoms with Gasteiger partial charge in [0.1, 0.15) is 5.01 Å². The van der Waals surface area contributed by atoms with Crippen LogP contribution in [0.15, 0.2) is 11.0 Å². The van der Waals surface area contributed by atoms with Crippen molar-refractivity contribution in [2.24, 2.45) is 5.73 Å². The average molecular weight is 210 g/mol. The predicted octanol–water partition coefficient (Wildman–Crippen LogP) is 2.80. The summed E-state index contributed by atoms with van der Waals surface area (Å²) < 4.78 is 0. The molecule has 1 heterocycles. The Morgan fingerprint density at radius 3 is 2.64 bits per heavy atom. The average Bonchev–Trinajstić information content (AvgIpc) is 2.51. The molecule has 1 aromatic rings. The molecule has 14 heavy (non-hydrogen) atoms. The van der Waals surface area contributed by atoms with E-state index in [0.29, 0.717) is 6.54 Å². The molecule has 3 heteroatoms. The van der Waals surface area contributed by atoms with Gasteiger partial charge in [-0.05, 0) is 13.0 Å². The lowest BCUT2D eigenvalue weighted by Crippen LogP contribution is -2.11. The van der Waals surface area contributed by atoms with E-state index in [4.69, 9.17) is 5.73 Å². The number of hydrogen-bond acceptors (Lipinski definition) is 3. The van der Waals surface area contributed by atoms with E-state index in [-0.39, 0.29) is 5.41 Å². The minimum atomic E-state index is 0.138. The SMILES string of the molecule is C/C(=C\c1nc(C(C)(C)C)cs1)CN. The lowest BCUT2D eigenvalue weighted by Gasteiger charge is -2.13. The minimum Gasteiger partial charge on any atom is -0.327 e. The first kappa shape index (κ1) is 11.4. The standard InChI is InChI=1S/C11H18N2S/c1-8(6-12)5-10-13-9(7-14-10)11(2,3)4/h5,7H,6,12H2,1-4H3/b8-5+. The number of thiazole rings is 1. The Morgan fingerprint density at radius 2 is 2.21 bits per heavy atom. The lowest BCUT2D eigenvalue weighted by atomic mass is 9.93. The van der Waals surface area contributed by atoms with E-state index in [1.165, 1.54) is 5.57 Å². The Morgan fingerprint density at radius 1 is 1.57 bits per heavy atom. The molecule has 0 aliphatic heterocycles. The summed E-state index contributed by atoms with van der Waals surface area (Å²) in [5.41, 5.74) is 7.98. The third-order valence-corrected chi connectivity index (χ3v) is 2.77. The predicted molar refractivity (Wildman–Crippen MR) is 63.5 cm³/mol. The van der Waals surface area contributed by atoms with Gasteiger partial charge in [0.05, 0.1) is 5.69 Å². The van der Waals surface area contributed by atoms with Crippen LogP contribution in [0.5, 0.6) is 0 Å². The highest BCUT2D eigenvalue weighted by Gasteiger charge is 2.16. The first-order chi connectivity index (χ1) is 6.43. The first-order valence-corrected chi connectivity index (χ1v) is 5.64. The minimum absolute atomic E-state index is 0.138. The van der Waals surface area contributed by atoms with Gasteiger partial charge in [0.15, 0.2) is 0 Å². The molecule has 1 aromatic heterocycles. The zero-order chi connectivity index (χ0) is 10.8. The van der Waals surface area contributed by atoms with Gasteiger partial charge in [-0.3, -0.25) is 0 Å². The second kappa shape index (κ2) is 4.24. The van der Waals surface area contributed by atoms with Crippen LogP contribution in [-0.2, 0) is 5.41 Å². The summed E-state index contributed by atoms with van der Waals surface area (Å²) in [6.07, 6.45) is 2.06. The fraction of sp³-hybridized carbons (Fsp3) is 0.545. The van der Waals surface area contributed by atoms with Crippen molar-refractivity contribution in [2.75, 3.05) is 6.54 Å². The normalized spacial score (nSPS) is 13.4. The third kappa shape index (κ3) is 2.93. The van der Waals surface area contributed by atoms with E-state index in [1.807, 2.05) is 6.92 Å². The highest BCUT2D eigenvalue weighted by Crippen LogP contribution is 2.24. The molecule has 0 saturated carbocycles. The largest absolute Gasteiger partial charge is 0.327 e. The fourth-order valence-electron chi connectivity index (χ4n) is 0.968. The van der Waals surface area contributed by atoms with Crippen LogP contribution in [0.3, 0.4) is 0 Å². The molecule has 2 nitrogen and oxygen atoms in total. The molecular weight excluding hydrogens is 192 g/mol. The van der Waals surface area contributed by atoms with Crippen molar-refractivity contribution in [3.63, 3.8) is 0 Å². The second-order valence-corrected chi connectivity index (χ2v) is 5.41. The molecule has 0 bridgehead atoms. The van der Waals surface area contributed by atoms with Crippen molar-refractivity contribution in [1.29, 1.82) is 0 Å². The maximum atomic E-state index is 5.52. The van der Waals surface area contributed by atoms with Gasteiger partial charge in [-0.1, -0.05) is 26.3 Å². The third-order valence-electron chi connectivity index (χ3n) is 1.98. The molecule has 0 aliphatic rings. The van der Waals surface area contributed by atoms with E-state index in [1.54, 1.807) is 11.3 Å². The molecule has 0 unspecified atom stereocenters. The van der Waals surface area contributed by atoms with Crippen LogP contribution < -0.4 is 5.73 Å². The molecule has 0 spiro atoms. The van der Waals surface area contributed by atoms with Gasteiger partial charge in [0.2, 0.25) is 0 Å². The zero-order valence-electron chi connectivity index (χ0n) is 9.29. The van der Waals surface area contributed by atoms with Crippen molar-refractivity contribution in [1.82, 2.24) is 4.98 Å². The molecule has 2 N–H and O–H groups in total.